The smallest absolute Gasteiger partial charge is 0.254 e. The maximum absolute atomic E-state index is 13.5. The normalized spacial score (nSPS) is 18.9. The van der Waals surface area contributed by atoms with Gasteiger partial charge in [-0.1, -0.05) is 62.6 Å². The van der Waals surface area contributed by atoms with Crippen LogP contribution >= 0.6 is 0 Å². The Balaban J connectivity index is 1.44. The lowest BCUT2D eigenvalue weighted by atomic mass is 9.99. The maximum atomic E-state index is 13.5. The summed E-state index contributed by atoms with van der Waals surface area (Å²) >= 11 is 0. The van der Waals surface area contributed by atoms with Gasteiger partial charge in [0.15, 0.2) is 5.78 Å². The van der Waals surface area contributed by atoms with Gasteiger partial charge >= 0.3 is 0 Å². The molecular weight excluding hydrogens is 408 g/mol. The molecule has 0 radical (unpaired) electrons. The molecule has 1 amide bonds. The molecule has 0 bridgehead atoms. The Labute approximate surface area is 199 Å². The van der Waals surface area contributed by atoms with Gasteiger partial charge in [0.1, 0.15) is 0 Å². The first-order valence-electron chi connectivity index (χ1n) is 12.8. The molecule has 1 aliphatic carbocycles. The third-order valence-electron chi connectivity index (χ3n) is 7.14. The molecule has 0 spiro atoms. The number of benzene rings is 2. The van der Waals surface area contributed by atoms with Crippen molar-refractivity contribution in [1.29, 1.82) is 0 Å². The van der Waals surface area contributed by atoms with Crippen LogP contribution in [0.25, 0.3) is 11.1 Å². The minimum atomic E-state index is 0.155. The average molecular weight is 447 g/mol. The van der Waals surface area contributed by atoms with E-state index in [9.17, 15) is 9.59 Å². The van der Waals surface area contributed by atoms with Crippen molar-refractivity contribution >= 4 is 11.7 Å². The quantitative estimate of drug-likeness (QED) is 0.439. The second-order valence-corrected chi connectivity index (χ2v) is 9.91. The summed E-state index contributed by atoms with van der Waals surface area (Å²) in [5.41, 5.74) is 3.72. The van der Waals surface area contributed by atoms with Crippen molar-refractivity contribution in [3.63, 3.8) is 0 Å². The molecule has 1 aliphatic heterocycles. The standard InChI is InChI=1S/C29H38N2O2/c1-3-4-19-30(2)21-27-8-6-5-7-20-31(27)29(33)26-17-11-23(12-18-26)22-9-13-24(14-10-22)28(32)25-15-16-25/h9-14,17-18,25,27H,3-8,15-16,19-21H2,1-2H3. The number of carbonyl (C=O) groups is 2. The molecule has 2 aromatic carbocycles. The van der Waals surface area contributed by atoms with Crippen molar-refractivity contribution in [1.82, 2.24) is 9.80 Å². The molecule has 4 rings (SSSR count). The monoisotopic (exact) mass is 446 g/mol. The van der Waals surface area contributed by atoms with Crippen LogP contribution in [-0.2, 0) is 0 Å². The van der Waals surface area contributed by atoms with Gasteiger partial charge in [0.2, 0.25) is 0 Å². The Morgan fingerprint density at radius 1 is 0.879 bits per heavy atom. The van der Waals surface area contributed by atoms with E-state index >= 15 is 0 Å². The number of carbonyl (C=O) groups excluding carboxylic acids is 2. The molecule has 1 atom stereocenters. The molecule has 1 unspecified atom stereocenters. The van der Waals surface area contributed by atoms with Crippen LogP contribution < -0.4 is 0 Å². The highest BCUT2D eigenvalue weighted by molar-refractivity contribution is 5.99. The lowest BCUT2D eigenvalue weighted by Crippen LogP contribution is -2.46. The van der Waals surface area contributed by atoms with E-state index in [1.807, 2.05) is 48.5 Å². The number of unbranched alkanes of at least 4 members (excludes halogenated alkanes) is 1. The zero-order valence-corrected chi connectivity index (χ0v) is 20.3. The van der Waals surface area contributed by atoms with Crippen molar-refractivity contribution in [2.75, 3.05) is 26.7 Å². The van der Waals surface area contributed by atoms with Gasteiger partial charge in [-0.25, -0.2) is 0 Å². The van der Waals surface area contributed by atoms with Gasteiger partial charge in [-0.15, -0.1) is 0 Å². The van der Waals surface area contributed by atoms with Gasteiger partial charge in [0, 0.05) is 36.2 Å². The van der Waals surface area contributed by atoms with Crippen LogP contribution in [0.1, 0.15) is 79.0 Å². The predicted molar refractivity (Wildman–Crippen MR) is 135 cm³/mol. The van der Waals surface area contributed by atoms with E-state index in [2.05, 4.69) is 23.8 Å². The van der Waals surface area contributed by atoms with Gasteiger partial charge in [-0.05, 0) is 69.0 Å². The number of nitrogens with zero attached hydrogens (tertiary/aromatic N) is 2. The van der Waals surface area contributed by atoms with Crippen molar-refractivity contribution in [3.05, 3.63) is 59.7 Å². The summed E-state index contributed by atoms with van der Waals surface area (Å²) in [7, 11) is 2.18. The number of ketones is 1. The molecule has 4 heteroatoms. The molecule has 2 fully saturated rings. The SMILES string of the molecule is CCCCN(C)CC1CCCCCN1C(=O)c1ccc(-c2ccc(C(=O)C3CC3)cc2)cc1. The third-order valence-corrected chi connectivity index (χ3v) is 7.14. The van der Waals surface area contributed by atoms with Crippen LogP contribution in [0.3, 0.4) is 0 Å². The van der Waals surface area contributed by atoms with E-state index in [0.717, 1.165) is 67.6 Å². The van der Waals surface area contributed by atoms with Crippen molar-refractivity contribution in [2.45, 2.75) is 64.3 Å². The molecule has 1 saturated carbocycles. The summed E-state index contributed by atoms with van der Waals surface area (Å²) < 4.78 is 0. The Kier molecular flexibility index (Phi) is 7.97. The lowest BCUT2D eigenvalue weighted by Gasteiger charge is -2.33. The Morgan fingerprint density at radius 3 is 2.12 bits per heavy atom. The van der Waals surface area contributed by atoms with Gasteiger partial charge in [-0.3, -0.25) is 9.59 Å². The Morgan fingerprint density at radius 2 is 1.52 bits per heavy atom. The zero-order chi connectivity index (χ0) is 23.2. The van der Waals surface area contributed by atoms with Crippen LogP contribution in [0.5, 0.6) is 0 Å². The van der Waals surface area contributed by atoms with Crippen LogP contribution in [0, 0.1) is 5.92 Å². The molecule has 33 heavy (non-hydrogen) atoms. The summed E-state index contributed by atoms with van der Waals surface area (Å²) in [5, 5.41) is 0. The predicted octanol–water partition coefficient (Wildman–Crippen LogP) is 6.06. The number of amides is 1. The summed E-state index contributed by atoms with van der Waals surface area (Å²) in [6, 6.07) is 16.2. The van der Waals surface area contributed by atoms with Crippen LogP contribution in [0.15, 0.2) is 48.5 Å². The van der Waals surface area contributed by atoms with E-state index in [0.29, 0.717) is 0 Å². The minimum absolute atomic E-state index is 0.155. The molecule has 1 saturated heterocycles. The fourth-order valence-electron chi connectivity index (χ4n) is 4.89. The zero-order valence-electron chi connectivity index (χ0n) is 20.3. The Bertz CT molecular complexity index is 931. The van der Waals surface area contributed by atoms with E-state index in [1.54, 1.807) is 0 Å². The molecule has 2 aliphatic rings. The fourth-order valence-corrected chi connectivity index (χ4v) is 4.89. The second kappa shape index (κ2) is 11.1. The lowest BCUT2D eigenvalue weighted by molar-refractivity contribution is 0.0643. The summed E-state index contributed by atoms with van der Waals surface area (Å²) in [4.78, 5) is 30.2. The summed E-state index contributed by atoms with van der Waals surface area (Å²) in [5.74, 6) is 0.674. The number of likely N-dealkylation sites (tertiary alicyclic amines) is 1. The first-order valence-corrected chi connectivity index (χ1v) is 12.8. The highest BCUT2D eigenvalue weighted by Gasteiger charge is 2.30. The van der Waals surface area contributed by atoms with Gasteiger partial charge in [-0.2, -0.15) is 0 Å². The summed E-state index contributed by atoms with van der Waals surface area (Å²) in [6.07, 6.45) is 9.05. The maximum Gasteiger partial charge on any atom is 0.254 e. The van der Waals surface area contributed by atoms with Crippen molar-refractivity contribution in [3.8, 4) is 11.1 Å². The molecule has 0 aromatic heterocycles. The molecule has 0 N–H and O–H groups in total. The highest BCUT2D eigenvalue weighted by atomic mass is 16.2. The number of hydrogen-bond acceptors (Lipinski definition) is 3. The van der Waals surface area contributed by atoms with Crippen LogP contribution in [-0.4, -0.2) is 54.2 Å². The average Bonchev–Trinajstić information content (AvgIpc) is 3.70. The number of Topliss-reactive ketones (excluding diaryl/α,β-unsaturated/α-hetero) is 1. The fraction of sp³-hybridized carbons (Fsp3) is 0.517. The number of rotatable bonds is 9. The van der Waals surface area contributed by atoms with Crippen LogP contribution in [0.2, 0.25) is 0 Å². The van der Waals surface area contributed by atoms with Gasteiger partial charge in [0.25, 0.3) is 5.91 Å². The largest absolute Gasteiger partial charge is 0.334 e. The third kappa shape index (κ3) is 6.11. The first-order chi connectivity index (χ1) is 16.1. The van der Waals surface area contributed by atoms with E-state index < -0.39 is 0 Å². The van der Waals surface area contributed by atoms with E-state index in [-0.39, 0.29) is 23.7 Å². The highest BCUT2D eigenvalue weighted by Crippen LogP contribution is 2.33. The number of hydrogen-bond donors (Lipinski definition) is 0. The van der Waals surface area contributed by atoms with E-state index in [1.165, 1.54) is 25.7 Å². The molecule has 4 nitrogen and oxygen atoms in total. The van der Waals surface area contributed by atoms with Gasteiger partial charge in [0.05, 0.1) is 0 Å². The van der Waals surface area contributed by atoms with Crippen molar-refractivity contribution < 1.29 is 9.59 Å². The Hall–Kier alpha value is -2.46. The molecule has 1 heterocycles. The van der Waals surface area contributed by atoms with E-state index in [4.69, 9.17) is 0 Å². The number of likely N-dealkylation sites (N-methyl/N-ethyl adjacent to an activating group) is 1. The molecule has 2 aromatic rings. The van der Waals surface area contributed by atoms with Crippen molar-refractivity contribution in [2.24, 2.45) is 5.92 Å². The first kappa shape index (κ1) is 23.7. The molecule has 176 valence electrons. The molecular formula is C29H38N2O2. The van der Waals surface area contributed by atoms with Gasteiger partial charge < -0.3 is 9.80 Å². The van der Waals surface area contributed by atoms with Crippen LogP contribution in [0.4, 0.5) is 0 Å². The summed E-state index contributed by atoms with van der Waals surface area (Å²) in [6.45, 7) is 5.12. The topological polar surface area (TPSA) is 40.6 Å². The minimum Gasteiger partial charge on any atom is -0.334 e. The second-order valence-electron chi connectivity index (χ2n) is 9.91.